The van der Waals surface area contributed by atoms with E-state index in [-0.39, 0.29) is 5.41 Å². The normalized spacial score (nSPS) is 12.2. The standard InChI is InChI=1S/C22H21BBrN/c1-22(2,3)14-4-8-17(9-5-14)25-20-10-6-15(23)12-18(20)19-13-16(24)7-11-21(19)25/h4-13H,23H2,1-3H3. The molecule has 1 heterocycles. The van der Waals surface area contributed by atoms with Gasteiger partial charge in [-0.1, -0.05) is 66.4 Å². The minimum atomic E-state index is 0.168. The molecule has 25 heavy (non-hydrogen) atoms. The molecule has 0 atom stereocenters. The summed E-state index contributed by atoms with van der Waals surface area (Å²) in [6.45, 7) is 6.76. The van der Waals surface area contributed by atoms with Gasteiger partial charge in [0.25, 0.3) is 0 Å². The Morgan fingerprint density at radius 3 is 2.04 bits per heavy atom. The zero-order valence-corrected chi connectivity index (χ0v) is 16.7. The van der Waals surface area contributed by atoms with Gasteiger partial charge in [-0.25, -0.2) is 0 Å². The van der Waals surface area contributed by atoms with Gasteiger partial charge in [-0.15, -0.1) is 0 Å². The first-order valence-corrected chi connectivity index (χ1v) is 9.45. The molecule has 1 nitrogen and oxygen atoms in total. The fourth-order valence-electron chi connectivity index (χ4n) is 3.50. The van der Waals surface area contributed by atoms with Gasteiger partial charge in [-0.05, 0) is 47.4 Å². The third kappa shape index (κ3) is 2.81. The van der Waals surface area contributed by atoms with Crippen LogP contribution in [0.5, 0.6) is 0 Å². The average Bonchev–Trinajstić information content (AvgIpc) is 2.87. The highest BCUT2D eigenvalue weighted by atomic mass is 79.9. The zero-order valence-electron chi connectivity index (χ0n) is 15.1. The van der Waals surface area contributed by atoms with Gasteiger partial charge >= 0.3 is 0 Å². The summed E-state index contributed by atoms with van der Waals surface area (Å²) in [7, 11) is 2.15. The SMILES string of the molecule is Bc1ccc2c(c1)c1cc(Br)ccc1n2-c1ccc(C(C)(C)C)cc1. The molecule has 124 valence electrons. The summed E-state index contributed by atoms with van der Waals surface area (Å²) in [5, 5.41) is 2.59. The summed E-state index contributed by atoms with van der Waals surface area (Å²) in [6.07, 6.45) is 0. The molecule has 0 unspecified atom stereocenters. The lowest BCUT2D eigenvalue weighted by atomic mass is 9.87. The number of nitrogens with zero attached hydrogens (tertiary/aromatic N) is 1. The van der Waals surface area contributed by atoms with Gasteiger partial charge in [0, 0.05) is 20.9 Å². The van der Waals surface area contributed by atoms with Crippen molar-refractivity contribution in [2.45, 2.75) is 26.2 Å². The van der Waals surface area contributed by atoms with Crippen LogP contribution in [-0.4, -0.2) is 12.4 Å². The van der Waals surface area contributed by atoms with Crippen molar-refractivity contribution in [3.63, 3.8) is 0 Å². The van der Waals surface area contributed by atoms with Crippen molar-refractivity contribution in [1.29, 1.82) is 0 Å². The van der Waals surface area contributed by atoms with Gasteiger partial charge < -0.3 is 4.57 Å². The van der Waals surface area contributed by atoms with Crippen LogP contribution in [0, 0.1) is 0 Å². The Hall–Kier alpha value is -2.00. The largest absolute Gasteiger partial charge is 0.309 e. The van der Waals surface area contributed by atoms with Crippen LogP contribution in [0.25, 0.3) is 27.5 Å². The van der Waals surface area contributed by atoms with Crippen molar-refractivity contribution in [3.8, 4) is 5.69 Å². The molecule has 1 aromatic heterocycles. The average molecular weight is 390 g/mol. The molecular formula is C22H21BBrN. The Kier molecular flexibility index (Phi) is 3.80. The molecule has 3 aromatic carbocycles. The van der Waals surface area contributed by atoms with E-state index in [9.17, 15) is 0 Å². The predicted molar refractivity (Wildman–Crippen MR) is 115 cm³/mol. The molecule has 4 rings (SSSR count). The highest BCUT2D eigenvalue weighted by molar-refractivity contribution is 9.10. The van der Waals surface area contributed by atoms with Gasteiger partial charge in [0.2, 0.25) is 0 Å². The molecule has 4 aromatic rings. The topological polar surface area (TPSA) is 4.93 Å². The van der Waals surface area contributed by atoms with Crippen LogP contribution < -0.4 is 5.46 Å². The van der Waals surface area contributed by atoms with Crippen molar-refractivity contribution in [2.75, 3.05) is 0 Å². The fraction of sp³-hybridized carbons (Fsp3) is 0.182. The summed E-state index contributed by atoms with van der Waals surface area (Å²) < 4.78 is 3.48. The quantitative estimate of drug-likeness (QED) is 0.399. The molecule has 0 saturated heterocycles. The molecule has 0 aliphatic heterocycles. The van der Waals surface area contributed by atoms with Gasteiger partial charge in [-0.2, -0.15) is 0 Å². The second kappa shape index (κ2) is 5.77. The van der Waals surface area contributed by atoms with E-state index in [4.69, 9.17) is 0 Å². The highest BCUT2D eigenvalue weighted by Gasteiger charge is 2.15. The summed E-state index contributed by atoms with van der Waals surface area (Å²) in [6, 6.07) is 22.2. The van der Waals surface area contributed by atoms with Crippen molar-refractivity contribution < 1.29 is 0 Å². The summed E-state index contributed by atoms with van der Waals surface area (Å²) in [5.74, 6) is 0. The van der Waals surface area contributed by atoms with E-state index in [1.54, 1.807) is 0 Å². The number of halogens is 1. The van der Waals surface area contributed by atoms with E-state index in [0.717, 1.165) is 4.47 Å². The number of hydrogen-bond acceptors (Lipinski definition) is 0. The maximum absolute atomic E-state index is 3.62. The maximum Gasteiger partial charge on any atom is 0.139 e. The van der Waals surface area contributed by atoms with Gasteiger partial charge in [0.1, 0.15) is 7.85 Å². The number of aromatic nitrogens is 1. The monoisotopic (exact) mass is 389 g/mol. The number of rotatable bonds is 1. The first kappa shape index (κ1) is 16.5. The smallest absolute Gasteiger partial charge is 0.139 e. The number of fused-ring (bicyclic) bond motifs is 3. The number of hydrogen-bond donors (Lipinski definition) is 0. The van der Waals surface area contributed by atoms with Crippen LogP contribution in [0.15, 0.2) is 65.1 Å². The predicted octanol–water partition coefficient (Wildman–Crippen LogP) is 5.10. The van der Waals surface area contributed by atoms with Gasteiger partial charge in [-0.3, -0.25) is 0 Å². The summed E-state index contributed by atoms with van der Waals surface area (Å²) >= 11 is 3.62. The summed E-state index contributed by atoms with van der Waals surface area (Å²) in [4.78, 5) is 0. The van der Waals surface area contributed by atoms with Crippen molar-refractivity contribution in [3.05, 3.63) is 70.7 Å². The zero-order chi connectivity index (χ0) is 17.8. The van der Waals surface area contributed by atoms with Crippen LogP contribution in [0.2, 0.25) is 0 Å². The molecule has 0 saturated carbocycles. The van der Waals surface area contributed by atoms with E-state index >= 15 is 0 Å². The van der Waals surface area contributed by atoms with E-state index < -0.39 is 0 Å². The van der Waals surface area contributed by atoms with Crippen molar-refractivity contribution in [1.82, 2.24) is 4.57 Å². The third-order valence-electron chi connectivity index (χ3n) is 4.87. The van der Waals surface area contributed by atoms with Crippen molar-refractivity contribution >= 4 is 51.0 Å². The summed E-state index contributed by atoms with van der Waals surface area (Å²) in [5.41, 5.74) is 6.51. The van der Waals surface area contributed by atoms with E-state index in [1.165, 1.54) is 38.5 Å². The van der Waals surface area contributed by atoms with Gasteiger partial charge in [0.05, 0.1) is 11.0 Å². The molecule has 0 amide bonds. The molecule has 3 heteroatoms. The molecule has 0 radical (unpaired) electrons. The van der Waals surface area contributed by atoms with Crippen LogP contribution >= 0.6 is 15.9 Å². The Morgan fingerprint density at radius 1 is 0.800 bits per heavy atom. The maximum atomic E-state index is 3.62. The first-order chi connectivity index (χ1) is 11.8. The van der Waals surface area contributed by atoms with Crippen LogP contribution in [-0.2, 0) is 5.41 Å². The lowest BCUT2D eigenvalue weighted by Gasteiger charge is -2.19. The molecule has 0 aliphatic rings. The molecular weight excluding hydrogens is 369 g/mol. The third-order valence-corrected chi connectivity index (χ3v) is 5.37. The lowest BCUT2D eigenvalue weighted by Crippen LogP contribution is -2.10. The Balaban J connectivity index is 2.03. The molecule has 0 bridgehead atoms. The fourth-order valence-corrected chi connectivity index (χ4v) is 3.86. The van der Waals surface area contributed by atoms with E-state index in [2.05, 4.69) is 110 Å². The number of benzene rings is 3. The van der Waals surface area contributed by atoms with Crippen LogP contribution in [0.4, 0.5) is 0 Å². The second-order valence-electron chi connectivity index (χ2n) is 7.81. The van der Waals surface area contributed by atoms with Crippen LogP contribution in [0.1, 0.15) is 26.3 Å². The minimum absolute atomic E-state index is 0.168. The lowest BCUT2D eigenvalue weighted by molar-refractivity contribution is 0.590. The Morgan fingerprint density at radius 2 is 1.40 bits per heavy atom. The second-order valence-corrected chi connectivity index (χ2v) is 8.73. The van der Waals surface area contributed by atoms with E-state index in [1.807, 2.05) is 0 Å². The van der Waals surface area contributed by atoms with Gasteiger partial charge in [0.15, 0.2) is 0 Å². The van der Waals surface area contributed by atoms with Crippen LogP contribution in [0.3, 0.4) is 0 Å². The Bertz CT molecular complexity index is 1030. The highest BCUT2D eigenvalue weighted by Crippen LogP contribution is 2.33. The molecule has 0 spiro atoms. The van der Waals surface area contributed by atoms with Crippen molar-refractivity contribution in [2.24, 2.45) is 0 Å². The molecule has 0 N–H and O–H groups in total. The minimum Gasteiger partial charge on any atom is -0.309 e. The molecule has 0 aliphatic carbocycles. The first-order valence-electron chi connectivity index (χ1n) is 8.66. The molecule has 0 fully saturated rings. The van der Waals surface area contributed by atoms with E-state index in [0.29, 0.717) is 0 Å². The Labute approximate surface area is 158 Å².